The first-order valence-electron chi connectivity index (χ1n) is 19.8. The minimum Gasteiger partial charge on any atom is -0.444 e. The Bertz CT molecular complexity index is 1870. The maximum atomic E-state index is 14.9. The zero-order valence-corrected chi connectivity index (χ0v) is 31.6. The Balaban J connectivity index is 1.05. The summed E-state index contributed by atoms with van der Waals surface area (Å²) < 4.78 is 13.5. The van der Waals surface area contributed by atoms with Gasteiger partial charge >= 0.3 is 6.09 Å². The molecule has 0 unspecified atom stereocenters. The second kappa shape index (κ2) is 12.4. The highest BCUT2D eigenvalue weighted by Gasteiger charge is 2.56. The number of piperidine rings is 2. The van der Waals surface area contributed by atoms with Gasteiger partial charge in [-0.2, -0.15) is 0 Å². The molecule has 3 saturated heterocycles. The van der Waals surface area contributed by atoms with E-state index in [1.54, 1.807) is 4.90 Å². The number of carbonyl (C=O) groups is 2. The number of amides is 2. The number of carbonyl (C=O) groups excluding carboxylic acids is 2. The van der Waals surface area contributed by atoms with Gasteiger partial charge in [-0.05, 0) is 117 Å². The molecule has 4 aliphatic heterocycles. The number of rotatable bonds is 6. The first-order valence-corrected chi connectivity index (χ1v) is 19.8. The molecule has 11 nitrogen and oxygen atoms in total. The molecule has 2 saturated carbocycles. The van der Waals surface area contributed by atoms with E-state index in [1.807, 2.05) is 27.1 Å². The largest absolute Gasteiger partial charge is 0.444 e. The van der Waals surface area contributed by atoms with Gasteiger partial charge in [0.05, 0.1) is 36.2 Å². The van der Waals surface area contributed by atoms with E-state index >= 15 is 0 Å². The zero-order chi connectivity index (χ0) is 36.0. The molecule has 2 amide bonds. The molecule has 0 atom stereocenters. The Morgan fingerprint density at radius 1 is 1.00 bits per heavy atom. The highest BCUT2D eigenvalue weighted by molar-refractivity contribution is 6.09. The van der Waals surface area contributed by atoms with Crippen molar-refractivity contribution in [2.24, 2.45) is 5.41 Å². The highest BCUT2D eigenvalue weighted by Crippen LogP contribution is 2.53. The number of aromatic nitrogens is 3. The maximum Gasteiger partial charge on any atom is 0.410 e. The van der Waals surface area contributed by atoms with Gasteiger partial charge in [0, 0.05) is 53.9 Å². The molecule has 5 fully saturated rings. The van der Waals surface area contributed by atoms with Crippen LogP contribution in [0.25, 0.3) is 22.3 Å². The van der Waals surface area contributed by atoms with Gasteiger partial charge in [-0.3, -0.25) is 4.79 Å². The zero-order valence-electron chi connectivity index (χ0n) is 31.6. The fourth-order valence-electron chi connectivity index (χ4n) is 9.95. The van der Waals surface area contributed by atoms with E-state index in [0.717, 1.165) is 78.3 Å². The monoisotopic (exact) mass is 709 g/mol. The van der Waals surface area contributed by atoms with Crippen LogP contribution in [-0.4, -0.2) is 99.5 Å². The van der Waals surface area contributed by atoms with Crippen molar-refractivity contribution in [3.8, 4) is 11.3 Å². The van der Waals surface area contributed by atoms with Gasteiger partial charge in [-0.25, -0.2) is 14.8 Å². The molecule has 9 rings (SSSR count). The topological polar surface area (TPSA) is 105 Å². The molecular weight excluding hydrogens is 654 g/mol. The Labute approximate surface area is 307 Å². The molecule has 0 radical (unpaired) electrons. The van der Waals surface area contributed by atoms with Crippen molar-refractivity contribution in [3.63, 3.8) is 0 Å². The second-order valence-electron chi connectivity index (χ2n) is 18.0. The average Bonchev–Trinajstić information content (AvgIpc) is 3.59. The molecule has 278 valence electrons. The fourth-order valence-corrected chi connectivity index (χ4v) is 9.95. The number of hydrogen-bond acceptors (Lipinski definition) is 8. The molecule has 6 aliphatic rings. The number of fused-ring (bicyclic) bond motifs is 3. The SMILES string of the molecule is CC(C)n1cnc2cc(-c3ccc4c(c3)N([C@H]3C[C@@H](N5CCCCC5)C3)C(=O)C43CCN(C(=O)OC(C)(C)C)CC3)nc(NC3CC4(COC4)C3)c21. The molecule has 1 N–H and O–H groups in total. The van der Waals surface area contributed by atoms with E-state index in [-0.39, 0.29) is 24.1 Å². The molecular formula is C41H55N7O4. The van der Waals surface area contributed by atoms with Crippen molar-refractivity contribution in [2.75, 3.05) is 49.6 Å². The Kier molecular flexibility index (Phi) is 8.15. The van der Waals surface area contributed by atoms with Gasteiger partial charge in [-0.1, -0.05) is 18.6 Å². The van der Waals surface area contributed by atoms with E-state index in [4.69, 9.17) is 19.4 Å². The van der Waals surface area contributed by atoms with Crippen LogP contribution in [0.3, 0.4) is 0 Å². The number of hydrogen-bond donors (Lipinski definition) is 1. The Morgan fingerprint density at radius 2 is 1.73 bits per heavy atom. The van der Waals surface area contributed by atoms with Gasteiger partial charge in [0.25, 0.3) is 0 Å². The Hall–Kier alpha value is -3.70. The molecule has 0 bridgehead atoms. The standard InChI is InChI=1S/C41H55N7O4/c1-26(2)47-25-42-33-20-32(44-36(35(33)47)43-28-21-40(22-28)23-51-24-40)27-9-10-31-34(17-27)48(30-18-29(19-30)45-13-7-6-8-14-45)37(49)41(31)11-15-46(16-12-41)38(50)52-39(3,4)5/h9-10,17,20,25-26,28-30H,6-8,11-16,18-19,21-24H2,1-5H3,(H,43,44)/t29-,30+. The number of nitrogens with zero attached hydrogens (tertiary/aromatic N) is 6. The summed E-state index contributed by atoms with van der Waals surface area (Å²) in [5.41, 5.74) is 5.07. The van der Waals surface area contributed by atoms with Crippen molar-refractivity contribution in [1.29, 1.82) is 0 Å². The summed E-state index contributed by atoms with van der Waals surface area (Å²) in [5.74, 6) is 1.08. The third-order valence-electron chi connectivity index (χ3n) is 13.0. The van der Waals surface area contributed by atoms with Gasteiger partial charge < -0.3 is 34.1 Å². The average molecular weight is 710 g/mol. The predicted octanol–water partition coefficient (Wildman–Crippen LogP) is 6.90. The molecule has 2 spiro atoms. The molecule has 2 aromatic heterocycles. The first-order chi connectivity index (χ1) is 24.9. The minimum atomic E-state index is -0.645. The van der Waals surface area contributed by atoms with Crippen LogP contribution in [0.4, 0.5) is 16.3 Å². The third-order valence-corrected chi connectivity index (χ3v) is 13.0. The third kappa shape index (κ3) is 5.68. The van der Waals surface area contributed by atoms with Gasteiger partial charge in [-0.15, -0.1) is 0 Å². The van der Waals surface area contributed by atoms with E-state index in [9.17, 15) is 9.59 Å². The van der Waals surface area contributed by atoms with E-state index in [0.29, 0.717) is 43.4 Å². The van der Waals surface area contributed by atoms with Gasteiger partial charge in [0.2, 0.25) is 5.91 Å². The quantitative estimate of drug-likeness (QED) is 0.295. The lowest BCUT2D eigenvalue weighted by Gasteiger charge is -2.53. The van der Waals surface area contributed by atoms with Crippen molar-refractivity contribution < 1.29 is 19.1 Å². The van der Waals surface area contributed by atoms with Crippen LogP contribution in [0.1, 0.15) is 104 Å². The van der Waals surface area contributed by atoms with Crippen molar-refractivity contribution in [1.82, 2.24) is 24.3 Å². The van der Waals surface area contributed by atoms with Crippen LogP contribution in [0.2, 0.25) is 0 Å². The lowest BCUT2D eigenvalue weighted by Crippen LogP contribution is -2.58. The number of nitrogens with one attached hydrogen (secondary N) is 1. The van der Waals surface area contributed by atoms with Crippen molar-refractivity contribution in [3.05, 3.63) is 36.2 Å². The fraction of sp³-hybridized carbons (Fsp3) is 0.659. The van der Waals surface area contributed by atoms with Crippen LogP contribution >= 0.6 is 0 Å². The number of pyridine rings is 1. The van der Waals surface area contributed by atoms with Crippen LogP contribution in [-0.2, 0) is 19.7 Å². The van der Waals surface area contributed by atoms with Gasteiger partial charge in [0.1, 0.15) is 11.1 Å². The van der Waals surface area contributed by atoms with Crippen LogP contribution in [0.15, 0.2) is 30.6 Å². The lowest BCUT2D eigenvalue weighted by molar-refractivity contribution is -0.159. The minimum absolute atomic E-state index is 0.174. The number of likely N-dealkylation sites (tertiary alicyclic amines) is 2. The summed E-state index contributed by atoms with van der Waals surface area (Å²) in [6.45, 7) is 15.1. The summed E-state index contributed by atoms with van der Waals surface area (Å²) in [5, 5.41) is 3.81. The van der Waals surface area contributed by atoms with Crippen LogP contribution in [0, 0.1) is 5.41 Å². The molecule has 52 heavy (non-hydrogen) atoms. The number of ether oxygens (including phenoxy) is 2. The smallest absolute Gasteiger partial charge is 0.410 e. The second-order valence-corrected chi connectivity index (χ2v) is 18.0. The highest BCUT2D eigenvalue weighted by atomic mass is 16.6. The lowest BCUT2D eigenvalue weighted by atomic mass is 9.64. The Morgan fingerprint density at radius 3 is 2.38 bits per heavy atom. The van der Waals surface area contributed by atoms with E-state index in [2.05, 4.69) is 57.8 Å². The predicted molar refractivity (Wildman–Crippen MR) is 202 cm³/mol. The molecule has 2 aliphatic carbocycles. The first kappa shape index (κ1) is 34.1. The normalized spacial score (nSPS) is 25.7. The number of imidazole rings is 1. The molecule has 11 heteroatoms. The molecule has 3 aromatic rings. The van der Waals surface area contributed by atoms with Crippen LogP contribution in [0.5, 0.6) is 0 Å². The summed E-state index contributed by atoms with van der Waals surface area (Å²) in [7, 11) is 0. The van der Waals surface area contributed by atoms with Crippen LogP contribution < -0.4 is 10.2 Å². The molecule has 6 heterocycles. The van der Waals surface area contributed by atoms with Gasteiger partial charge in [0.15, 0.2) is 5.82 Å². The number of benzene rings is 1. The summed E-state index contributed by atoms with van der Waals surface area (Å²) in [4.78, 5) is 44.7. The van der Waals surface area contributed by atoms with E-state index in [1.165, 1.54) is 32.4 Å². The maximum absolute atomic E-state index is 14.9. The summed E-state index contributed by atoms with van der Waals surface area (Å²) >= 11 is 0. The summed E-state index contributed by atoms with van der Waals surface area (Å²) in [6, 6.07) is 9.98. The van der Waals surface area contributed by atoms with E-state index < -0.39 is 11.0 Å². The van der Waals surface area contributed by atoms with Crippen molar-refractivity contribution >= 4 is 34.5 Å². The number of anilines is 2. The summed E-state index contributed by atoms with van der Waals surface area (Å²) in [6.07, 6.45) is 10.9. The molecule has 1 aromatic carbocycles. The van der Waals surface area contributed by atoms with Crippen molar-refractivity contribution in [2.45, 2.75) is 128 Å².